The maximum absolute atomic E-state index is 12.9. The summed E-state index contributed by atoms with van der Waals surface area (Å²) in [6, 6.07) is 3.74. The van der Waals surface area contributed by atoms with Crippen LogP contribution in [0.25, 0.3) is 0 Å². The van der Waals surface area contributed by atoms with E-state index >= 15 is 0 Å². The molecule has 1 N–H and O–H groups in total. The molecular formula is C21H26N6O2. The summed E-state index contributed by atoms with van der Waals surface area (Å²) in [6.45, 7) is 2.85. The summed E-state index contributed by atoms with van der Waals surface area (Å²) >= 11 is 0. The summed E-state index contributed by atoms with van der Waals surface area (Å²) < 4.78 is 1.72. The predicted octanol–water partition coefficient (Wildman–Crippen LogP) is 1.71. The van der Waals surface area contributed by atoms with Crippen molar-refractivity contribution in [3.8, 4) is 6.07 Å². The van der Waals surface area contributed by atoms with Crippen molar-refractivity contribution in [2.45, 2.75) is 32.1 Å². The van der Waals surface area contributed by atoms with Gasteiger partial charge in [-0.25, -0.2) is 4.98 Å². The molecular weight excluding hydrogens is 368 g/mol. The third-order valence-electron chi connectivity index (χ3n) is 6.42. The van der Waals surface area contributed by atoms with E-state index in [0.717, 1.165) is 37.9 Å². The fourth-order valence-electron chi connectivity index (χ4n) is 4.58. The zero-order valence-electron chi connectivity index (χ0n) is 16.7. The second-order valence-corrected chi connectivity index (χ2v) is 8.27. The average Bonchev–Trinajstić information content (AvgIpc) is 3.38. The van der Waals surface area contributed by atoms with Gasteiger partial charge >= 0.3 is 0 Å². The Morgan fingerprint density at radius 3 is 2.79 bits per heavy atom. The molecule has 152 valence electrons. The number of piperidine rings is 2. The van der Waals surface area contributed by atoms with Crippen LogP contribution < -0.4 is 0 Å². The van der Waals surface area contributed by atoms with Crippen LogP contribution in [0.1, 0.15) is 47.4 Å². The molecule has 29 heavy (non-hydrogen) atoms. The molecule has 2 fully saturated rings. The van der Waals surface area contributed by atoms with Crippen molar-refractivity contribution in [3.63, 3.8) is 0 Å². The van der Waals surface area contributed by atoms with Gasteiger partial charge in [0.05, 0.1) is 11.9 Å². The lowest BCUT2D eigenvalue weighted by molar-refractivity contribution is -0.138. The lowest BCUT2D eigenvalue weighted by atomic mass is 9.72. The minimum atomic E-state index is -0.0214. The molecule has 2 aliphatic rings. The first kappa shape index (κ1) is 19.2. The highest BCUT2D eigenvalue weighted by Gasteiger charge is 2.41. The fraction of sp³-hybridized carbons (Fsp3) is 0.524. The Bertz CT molecular complexity index is 931. The maximum atomic E-state index is 12.9. The number of nitriles is 1. The van der Waals surface area contributed by atoms with E-state index in [0.29, 0.717) is 37.3 Å². The molecule has 0 aromatic carbocycles. The van der Waals surface area contributed by atoms with Gasteiger partial charge in [0.1, 0.15) is 11.8 Å². The van der Waals surface area contributed by atoms with Crippen molar-refractivity contribution in [3.05, 3.63) is 41.7 Å². The van der Waals surface area contributed by atoms with Crippen LogP contribution in [0.3, 0.4) is 0 Å². The van der Waals surface area contributed by atoms with Crippen LogP contribution in [0, 0.1) is 16.7 Å². The monoisotopic (exact) mass is 394 g/mol. The van der Waals surface area contributed by atoms with Gasteiger partial charge in [-0.1, -0.05) is 0 Å². The Morgan fingerprint density at radius 2 is 2.14 bits per heavy atom. The molecule has 2 aliphatic heterocycles. The first-order chi connectivity index (χ1) is 14.0. The van der Waals surface area contributed by atoms with E-state index in [1.165, 1.54) is 0 Å². The molecule has 2 aromatic rings. The van der Waals surface area contributed by atoms with Crippen molar-refractivity contribution >= 4 is 11.8 Å². The largest absolute Gasteiger partial charge is 0.348 e. The third-order valence-corrected chi connectivity index (χ3v) is 6.42. The number of amides is 2. The van der Waals surface area contributed by atoms with Gasteiger partial charge in [-0.2, -0.15) is 5.26 Å². The van der Waals surface area contributed by atoms with Gasteiger partial charge in [0.25, 0.3) is 5.91 Å². The van der Waals surface area contributed by atoms with Gasteiger partial charge in [-0.05, 0) is 30.7 Å². The minimum Gasteiger partial charge on any atom is -0.348 e. The third kappa shape index (κ3) is 3.90. The van der Waals surface area contributed by atoms with Gasteiger partial charge < -0.3 is 19.4 Å². The fourth-order valence-corrected chi connectivity index (χ4v) is 4.58. The summed E-state index contributed by atoms with van der Waals surface area (Å²) in [7, 11) is 1.80. The number of imidazole rings is 1. The molecule has 1 spiro atoms. The SMILES string of the molecule is Cn1cc(C#N)cc1C(=O)N1CCC2(CCC(=O)N(CCc3cnc[nH]3)C2)CC1. The number of carbonyl (C=O) groups is 2. The highest BCUT2D eigenvalue weighted by atomic mass is 16.2. The van der Waals surface area contributed by atoms with E-state index in [1.807, 2.05) is 9.80 Å². The number of hydrogen-bond acceptors (Lipinski definition) is 4. The van der Waals surface area contributed by atoms with E-state index in [1.54, 1.807) is 36.4 Å². The Hall–Kier alpha value is -3.08. The Labute approximate surface area is 170 Å². The Balaban J connectivity index is 1.37. The number of likely N-dealkylation sites (tertiary alicyclic amines) is 2. The molecule has 0 bridgehead atoms. The topological polar surface area (TPSA) is 98.0 Å². The molecule has 2 aromatic heterocycles. The number of aromatic nitrogens is 3. The Kier molecular flexibility index (Phi) is 5.14. The van der Waals surface area contributed by atoms with Gasteiger partial charge in [-0.3, -0.25) is 9.59 Å². The summed E-state index contributed by atoms with van der Waals surface area (Å²) in [4.78, 5) is 36.3. The zero-order valence-corrected chi connectivity index (χ0v) is 16.7. The first-order valence-electron chi connectivity index (χ1n) is 10.1. The summed E-state index contributed by atoms with van der Waals surface area (Å²) in [5, 5.41) is 9.06. The number of nitrogens with zero attached hydrogens (tertiary/aromatic N) is 5. The molecule has 0 aliphatic carbocycles. The minimum absolute atomic E-state index is 0.0214. The molecule has 8 nitrogen and oxygen atoms in total. The van der Waals surface area contributed by atoms with Crippen LogP contribution in [0.15, 0.2) is 24.8 Å². The number of hydrogen-bond donors (Lipinski definition) is 1. The molecule has 4 rings (SSSR count). The van der Waals surface area contributed by atoms with Gasteiger partial charge in [0.15, 0.2) is 0 Å². The van der Waals surface area contributed by atoms with E-state index in [-0.39, 0.29) is 17.2 Å². The average molecular weight is 394 g/mol. The van der Waals surface area contributed by atoms with Crippen LogP contribution in [0.2, 0.25) is 0 Å². The highest BCUT2D eigenvalue weighted by molar-refractivity contribution is 5.93. The molecule has 0 saturated carbocycles. The zero-order chi connectivity index (χ0) is 20.4. The Morgan fingerprint density at radius 1 is 1.34 bits per heavy atom. The van der Waals surface area contributed by atoms with E-state index < -0.39 is 0 Å². The van der Waals surface area contributed by atoms with Crippen molar-refractivity contribution in [2.75, 3.05) is 26.2 Å². The second-order valence-electron chi connectivity index (χ2n) is 8.27. The number of aryl methyl sites for hydroxylation is 1. The first-order valence-corrected chi connectivity index (χ1v) is 10.1. The van der Waals surface area contributed by atoms with E-state index in [2.05, 4.69) is 16.0 Å². The molecule has 8 heteroatoms. The molecule has 0 radical (unpaired) electrons. The molecule has 0 unspecified atom stereocenters. The van der Waals surface area contributed by atoms with Crippen LogP contribution in [-0.4, -0.2) is 62.3 Å². The molecule has 0 atom stereocenters. The second kappa shape index (κ2) is 7.74. The predicted molar refractivity (Wildman–Crippen MR) is 106 cm³/mol. The van der Waals surface area contributed by atoms with Crippen molar-refractivity contribution in [2.24, 2.45) is 12.5 Å². The van der Waals surface area contributed by atoms with Crippen LogP contribution in [0.4, 0.5) is 0 Å². The smallest absolute Gasteiger partial charge is 0.270 e. The molecule has 2 saturated heterocycles. The van der Waals surface area contributed by atoms with E-state index in [4.69, 9.17) is 5.26 Å². The number of aromatic amines is 1. The van der Waals surface area contributed by atoms with Crippen molar-refractivity contribution in [1.82, 2.24) is 24.3 Å². The standard InChI is InChI=1S/C21H26N6O2/c1-25-13-16(11-22)10-18(25)20(29)26-8-5-21(6-9-26)4-2-19(28)27(14-21)7-3-17-12-23-15-24-17/h10,12-13,15H,2-9,14H2,1H3,(H,23,24). The quantitative estimate of drug-likeness (QED) is 0.853. The van der Waals surface area contributed by atoms with Crippen molar-refractivity contribution < 1.29 is 9.59 Å². The maximum Gasteiger partial charge on any atom is 0.270 e. The van der Waals surface area contributed by atoms with Gasteiger partial charge in [0, 0.05) is 64.2 Å². The number of H-pyrrole nitrogens is 1. The van der Waals surface area contributed by atoms with Crippen LogP contribution in [-0.2, 0) is 18.3 Å². The molecule has 2 amide bonds. The van der Waals surface area contributed by atoms with Crippen LogP contribution in [0.5, 0.6) is 0 Å². The van der Waals surface area contributed by atoms with Crippen LogP contribution >= 0.6 is 0 Å². The number of carbonyl (C=O) groups excluding carboxylic acids is 2. The van der Waals surface area contributed by atoms with Crippen molar-refractivity contribution in [1.29, 1.82) is 5.26 Å². The molecule has 4 heterocycles. The highest BCUT2D eigenvalue weighted by Crippen LogP contribution is 2.40. The van der Waals surface area contributed by atoms with E-state index in [9.17, 15) is 9.59 Å². The van der Waals surface area contributed by atoms with Gasteiger partial charge in [-0.15, -0.1) is 0 Å². The summed E-state index contributed by atoms with van der Waals surface area (Å²) in [5.41, 5.74) is 2.20. The van der Waals surface area contributed by atoms with Gasteiger partial charge in [0.2, 0.25) is 5.91 Å². The number of nitrogens with one attached hydrogen (secondary N) is 1. The number of rotatable bonds is 4. The lowest BCUT2D eigenvalue weighted by Crippen LogP contribution is -2.52. The summed E-state index contributed by atoms with van der Waals surface area (Å²) in [6.07, 6.45) is 9.22. The normalized spacial score (nSPS) is 18.8. The lowest BCUT2D eigenvalue weighted by Gasteiger charge is -2.47. The summed E-state index contributed by atoms with van der Waals surface area (Å²) in [5.74, 6) is 0.202.